The third kappa shape index (κ3) is 5.45. The van der Waals surface area contributed by atoms with E-state index in [1.807, 2.05) is 0 Å². The number of halogens is 4. The lowest BCUT2D eigenvalue weighted by Crippen LogP contribution is -2.42. The van der Waals surface area contributed by atoms with Crippen molar-refractivity contribution in [3.8, 4) is 6.07 Å². The van der Waals surface area contributed by atoms with Gasteiger partial charge in [0.2, 0.25) is 0 Å². The van der Waals surface area contributed by atoms with Gasteiger partial charge >= 0.3 is 6.18 Å². The Labute approximate surface area is 156 Å². The molecule has 0 fully saturated rings. The number of amides is 1. The number of aliphatic hydroxyl groups is 1. The summed E-state index contributed by atoms with van der Waals surface area (Å²) in [7, 11) is 0. The molecule has 0 heterocycles. The zero-order valence-corrected chi connectivity index (χ0v) is 14.8. The van der Waals surface area contributed by atoms with Crippen LogP contribution in [0.1, 0.15) is 18.1 Å². The number of carbonyl (C=O) groups is 1. The molecule has 1 atom stereocenters. The van der Waals surface area contributed by atoms with Crippen LogP contribution in [0, 0.1) is 17.1 Å². The number of nitriles is 1. The normalized spacial score (nSPS) is 13.5. The first-order valence-corrected chi connectivity index (χ1v) is 8.55. The molecule has 0 aliphatic rings. The van der Waals surface area contributed by atoms with Crippen molar-refractivity contribution < 1.29 is 27.5 Å². The number of nitrogens with zero attached hydrogens (tertiary/aromatic N) is 1. The highest BCUT2D eigenvalue weighted by molar-refractivity contribution is 7.99. The van der Waals surface area contributed by atoms with Crippen molar-refractivity contribution in [3.63, 3.8) is 0 Å². The Morgan fingerprint density at radius 2 is 1.85 bits per heavy atom. The van der Waals surface area contributed by atoms with E-state index in [2.05, 4.69) is 5.32 Å². The van der Waals surface area contributed by atoms with E-state index >= 15 is 0 Å². The van der Waals surface area contributed by atoms with Gasteiger partial charge in [0.15, 0.2) is 0 Å². The third-order valence-electron chi connectivity index (χ3n) is 3.52. The number of carbonyl (C=O) groups excluding carboxylic acids is 1. The maximum absolute atomic E-state index is 13.2. The highest BCUT2D eigenvalue weighted by Gasteiger charge is 2.36. The van der Waals surface area contributed by atoms with Crippen LogP contribution in [0.3, 0.4) is 0 Å². The van der Waals surface area contributed by atoms with Gasteiger partial charge in [-0.25, -0.2) is 4.39 Å². The smallest absolute Gasteiger partial charge is 0.379 e. The number of hydrogen-bond acceptors (Lipinski definition) is 4. The van der Waals surface area contributed by atoms with Crippen molar-refractivity contribution in [1.29, 1.82) is 5.26 Å². The van der Waals surface area contributed by atoms with Crippen molar-refractivity contribution in [3.05, 3.63) is 59.4 Å². The summed E-state index contributed by atoms with van der Waals surface area (Å²) in [5.74, 6) is -1.64. The van der Waals surface area contributed by atoms with Crippen LogP contribution in [0.2, 0.25) is 0 Å². The van der Waals surface area contributed by atoms with Gasteiger partial charge < -0.3 is 10.4 Å². The fourth-order valence-electron chi connectivity index (χ4n) is 2.03. The number of alkyl halides is 3. The lowest BCUT2D eigenvalue weighted by atomic mass is 10.1. The Kier molecular flexibility index (Phi) is 6.13. The molecule has 0 spiro atoms. The lowest BCUT2D eigenvalue weighted by Gasteiger charge is -2.23. The number of nitrogens with one attached hydrogen (secondary N) is 1. The standard InChI is InChI=1S/C18H14F4N2O2S/c1-17(26,10-27-13-5-3-12(19)4-6-13)16(25)24-15-7-2-11(9-23)8-14(15)18(20,21)22/h2-8,26H,10H2,1H3,(H,24,25). The predicted octanol–water partition coefficient (Wildman–Crippen LogP) is 4.20. The van der Waals surface area contributed by atoms with E-state index in [4.69, 9.17) is 5.26 Å². The van der Waals surface area contributed by atoms with Crippen LogP contribution in [0.15, 0.2) is 47.4 Å². The third-order valence-corrected chi connectivity index (χ3v) is 4.84. The Morgan fingerprint density at radius 1 is 1.22 bits per heavy atom. The maximum Gasteiger partial charge on any atom is 0.418 e. The van der Waals surface area contributed by atoms with Crippen molar-refractivity contribution in [1.82, 2.24) is 0 Å². The second kappa shape index (κ2) is 7.98. The van der Waals surface area contributed by atoms with Gasteiger partial charge in [-0.15, -0.1) is 11.8 Å². The van der Waals surface area contributed by atoms with Gasteiger partial charge in [-0.05, 0) is 49.4 Å². The summed E-state index contributed by atoms with van der Waals surface area (Å²) in [5.41, 5.74) is -3.94. The Morgan fingerprint density at radius 3 is 2.41 bits per heavy atom. The highest BCUT2D eigenvalue weighted by Crippen LogP contribution is 2.36. The van der Waals surface area contributed by atoms with E-state index in [-0.39, 0.29) is 11.3 Å². The summed E-state index contributed by atoms with van der Waals surface area (Å²) in [6.07, 6.45) is -4.79. The molecule has 0 saturated carbocycles. The second-order valence-electron chi connectivity index (χ2n) is 5.84. The Hall–Kier alpha value is -2.57. The number of thioether (sulfide) groups is 1. The molecule has 0 bridgehead atoms. The average Bonchev–Trinajstić information content (AvgIpc) is 2.60. The monoisotopic (exact) mass is 398 g/mol. The Bertz CT molecular complexity index is 874. The molecule has 2 aromatic carbocycles. The van der Waals surface area contributed by atoms with Gasteiger partial charge in [0.1, 0.15) is 11.4 Å². The molecule has 0 aliphatic heterocycles. The molecule has 27 heavy (non-hydrogen) atoms. The summed E-state index contributed by atoms with van der Waals surface area (Å²) in [6, 6.07) is 9.65. The van der Waals surface area contributed by atoms with Gasteiger partial charge in [-0.2, -0.15) is 18.4 Å². The van der Waals surface area contributed by atoms with Gasteiger partial charge in [0, 0.05) is 10.6 Å². The molecule has 0 radical (unpaired) electrons. The van der Waals surface area contributed by atoms with Crippen molar-refractivity contribution in [2.75, 3.05) is 11.1 Å². The Balaban J connectivity index is 2.15. The molecule has 0 aromatic heterocycles. The molecule has 2 N–H and O–H groups in total. The molecule has 9 heteroatoms. The van der Waals surface area contributed by atoms with Crippen molar-refractivity contribution >= 4 is 23.4 Å². The fraction of sp³-hybridized carbons (Fsp3) is 0.222. The van der Waals surface area contributed by atoms with Crippen LogP contribution >= 0.6 is 11.8 Å². The minimum absolute atomic E-state index is 0.165. The molecule has 1 amide bonds. The largest absolute Gasteiger partial charge is 0.418 e. The number of rotatable bonds is 5. The lowest BCUT2D eigenvalue weighted by molar-refractivity contribution is -0.137. The number of benzene rings is 2. The molecule has 1 unspecified atom stereocenters. The van der Waals surface area contributed by atoms with Crippen LogP contribution in [-0.2, 0) is 11.0 Å². The molecule has 0 aliphatic carbocycles. The van der Waals surface area contributed by atoms with Gasteiger partial charge in [-0.1, -0.05) is 0 Å². The zero-order chi connectivity index (χ0) is 20.2. The summed E-state index contributed by atoms with van der Waals surface area (Å²) < 4.78 is 52.4. The van der Waals surface area contributed by atoms with E-state index in [1.54, 1.807) is 6.07 Å². The number of anilines is 1. The van der Waals surface area contributed by atoms with Crippen LogP contribution in [0.25, 0.3) is 0 Å². The summed E-state index contributed by atoms with van der Waals surface area (Å²) >= 11 is 1.05. The van der Waals surface area contributed by atoms with Gasteiger partial charge in [0.05, 0.1) is 22.9 Å². The quantitative estimate of drug-likeness (QED) is 0.585. The fourth-order valence-corrected chi connectivity index (χ4v) is 2.94. The molecular weight excluding hydrogens is 384 g/mol. The molecule has 4 nitrogen and oxygen atoms in total. The minimum Gasteiger partial charge on any atom is -0.379 e. The van der Waals surface area contributed by atoms with Crippen LogP contribution < -0.4 is 5.32 Å². The SMILES string of the molecule is CC(O)(CSc1ccc(F)cc1)C(=O)Nc1ccc(C#N)cc1C(F)(F)F. The maximum atomic E-state index is 13.2. The van der Waals surface area contributed by atoms with Crippen LogP contribution in [-0.4, -0.2) is 22.4 Å². The molecule has 142 valence electrons. The summed E-state index contributed by atoms with van der Waals surface area (Å²) in [6.45, 7) is 1.16. The predicted molar refractivity (Wildman–Crippen MR) is 92.5 cm³/mol. The van der Waals surface area contributed by atoms with E-state index in [1.165, 1.54) is 24.3 Å². The first-order valence-electron chi connectivity index (χ1n) is 7.56. The minimum atomic E-state index is -4.79. The van der Waals surface area contributed by atoms with Crippen molar-refractivity contribution in [2.45, 2.75) is 23.6 Å². The van der Waals surface area contributed by atoms with Crippen LogP contribution in [0.4, 0.5) is 23.2 Å². The van der Waals surface area contributed by atoms with Crippen LogP contribution in [0.5, 0.6) is 0 Å². The molecule has 2 rings (SSSR count). The average molecular weight is 398 g/mol. The van der Waals surface area contributed by atoms with E-state index in [0.29, 0.717) is 11.0 Å². The van der Waals surface area contributed by atoms with Gasteiger partial charge in [-0.3, -0.25) is 4.79 Å². The molecular formula is C18H14F4N2O2S. The highest BCUT2D eigenvalue weighted by atomic mass is 32.2. The van der Waals surface area contributed by atoms with Crippen molar-refractivity contribution in [2.24, 2.45) is 0 Å². The second-order valence-corrected chi connectivity index (χ2v) is 6.89. The molecule has 0 saturated heterocycles. The zero-order valence-electron chi connectivity index (χ0n) is 14.0. The molecule has 2 aromatic rings. The summed E-state index contributed by atoms with van der Waals surface area (Å²) in [5, 5.41) is 21.1. The number of hydrogen-bond donors (Lipinski definition) is 2. The van der Waals surface area contributed by atoms with E-state index in [9.17, 15) is 27.5 Å². The van der Waals surface area contributed by atoms with E-state index in [0.717, 1.165) is 30.8 Å². The van der Waals surface area contributed by atoms with E-state index < -0.39 is 34.8 Å². The summed E-state index contributed by atoms with van der Waals surface area (Å²) in [4.78, 5) is 12.9. The van der Waals surface area contributed by atoms with Gasteiger partial charge in [0.25, 0.3) is 5.91 Å². The first kappa shape index (κ1) is 20.7. The topological polar surface area (TPSA) is 73.1 Å². The first-order chi connectivity index (χ1) is 12.5.